The smallest absolute Gasteiger partial charge is 0.255 e. The lowest BCUT2D eigenvalue weighted by molar-refractivity contribution is -0.124. The van der Waals surface area contributed by atoms with Crippen molar-refractivity contribution in [2.24, 2.45) is 0 Å². The molecule has 4 nitrogen and oxygen atoms in total. The highest BCUT2D eigenvalue weighted by atomic mass is 32.2. The SMILES string of the molecule is O=C(NCc1ccccc1)[C@@H]1CSCN1C(=O)c1ccccc1. The molecule has 5 heteroatoms. The number of rotatable bonds is 4. The van der Waals surface area contributed by atoms with Crippen LogP contribution in [0.2, 0.25) is 0 Å². The second-order valence-corrected chi connectivity index (χ2v) is 6.36. The Morgan fingerprint density at radius 1 is 1.04 bits per heavy atom. The minimum atomic E-state index is -0.406. The van der Waals surface area contributed by atoms with Crippen molar-refractivity contribution in [2.45, 2.75) is 12.6 Å². The van der Waals surface area contributed by atoms with Crippen LogP contribution in [0.1, 0.15) is 15.9 Å². The summed E-state index contributed by atoms with van der Waals surface area (Å²) in [5.41, 5.74) is 1.67. The third-order valence-electron chi connectivity index (χ3n) is 3.78. The molecule has 0 spiro atoms. The van der Waals surface area contributed by atoms with Gasteiger partial charge in [0.15, 0.2) is 0 Å². The van der Waals surface area contributed by atoms with Gasteiger partial charge in [0.2, 0.25) is 5.91 Å². The molecule has 1 atom stereocenters. The van der Waals surface area contributed by atoms with Gasteiger partial charge in [0, 0.05) is 17.9 Å². The molecule has 0 bridgehead atoms. The van der Waals surface area contributed by atoms with E-state index in [1.165, 1.54) is 0 Å². The van der Waals surface area contributed by atoms with Crippen LogP contribution < -0.4 is 5.32 Å². The normalized spacial score (nSPS) is 17.0. The maximum absolute atomic E-state index is 12.6. The van der Waals surface area contributed by atoms with E-state index in [1.54, 1.807) is 28.8 Å². The van der Waals surface area contributed by atoms with Gasteiger partial charge in [-0.2, -0.15) is 0 Å². The van der Waals surface area contributed by atoms with E-state index in [0.717, 1.165) is 5.56 Å². The zero-order valence-electron chi connectivity index (χ0n) is 12.6. The number of thioether (sulfide) groups is 1. The lowest BCUT2D eigenvalue weighted by Crippen LogP contribution is -2.47. The molecule has 3 rings (SSSR count). The first-order chi connectivity index (χ1) is 11.3. The van der Waals surface area contributed by atoms with E-state index in [4.69, 9.17) is 0 Å². The molecule has 0 aromatic heterocycles. The number of hydrogen-bond donors (Lipinski definition) is 1. The minimum absolute atomic E-state index is 0.0875. The van der Waals surface area contributed by atoms with Crippen molar-refractivity contribution in [2.75, 3.05) is 11.6 Å². The molecule has 2 amide bonds. The quantitative estimate of drug-likeness (QED) is 0.939. The number of nitrogens with zero attached hydrogens (tertiary/aromatic N) is 1. The van der Waals surface area contributed by atoms with Gasteiger partial charge in [0.05, 0.1) is 5.88 Å². The second-order valence-electron chi connectivity index (χ2n) is 5.36. The fraction of sp³-hybridized carbons (Fsp3) is 0.222. The molecule has 0 unspecified atom stereocenters. The van der Waals surface area contributed by atoms with E-state index >= 15 is 0 Å². The van der Waals surface area contributed by atoms with Crippen LogP contribution in [0.15, 0.2) is 60.7 Å². The molecule has 118 valence electrons. The Hall–Kier alpha value is -2.27. The summed E-state index contributed by atoms with van der Waals surface area (Å²) in [6.07, 6.45) is 0. The number of benzene rings is 2. The average molecular weight is 326 g/mol. The summed E-state index contributed by atoms with van der Waals surface area (Å²) < 4.78 is 0. The number of hydrogen-bond acceptors (Lipinski definition) is 3. The Morgan fingerprint density at radius 2 is 1.70 bits per heavy atom. The van der Waals surface area contributed by atoms with E-state index in [-0.39, 0.29) is 11.8 Å². The van der Waals surface area contributed by atoms with Crippen LogP contribution in [0, 0.1) is 0 Å². The van der Waals surface area contributed by atoms with Crippen LogP contribution in [0.4, 0.5) is 0 Å². The lowest BCUT2D eigenvalue weighted by Gasteiger charge is -2.23. The molecular formula is C18H18N2O2S. The molecule has 1 saturated heterocycles. The van der Waals surface area contributed by atoms with E-state index in [0.29, 0.717) is 23.7 Å². The summed E-state index contributed by atoms with van der Waals surface area (Å²) >= 11 is 1.61. The van der Waals surface area contributed by atoms with Gasteiger partial charge in [-0.15, -0.1) is 11.8 Å². The summed E-state index contributed by atoms with van der Waals surface area (Å²) in [5.74, 6) is 1.01. The van der Waals surface area contributed by atoms with E-state index in [2.05, 4.69) is 5.32 Å². The van der Waals surface area contributed by atoms with Crippen LogP contribution in [-0.2, 0) is 11.3 Å². The fourth-order valence-corrected chi connectivity index (χ4v) is 3.66. The largest absolute Gasteiger partial charge is 0.350 e. The molecule has 0 radical (unpaired) electrons. The van der Waals surface area contributed by atoms with Crippen molar-refractivity contribution in [1.82, 2.24) is 10.2 Å². The molecule has 1 heterocycles. The van der Waals surface area contributed by atoms with Crippen LogP contribution in [0.3, 0.4) is 0 Å². The first-order valence-electron chi connectivity index (χ1n) is 7.51. The molecule has 1 aliphatic heterocycles. The van der Waals surface area contributed by atoms with Crippen LogP contribution in [0.5, 0.6) is 0 Å². The van der Waals surface area contributed by atoms with Crippen LogP contribution >= 0.6 is 11.8 Å². The first-order valence-corrected chi connectivity index (χ1v) is 8.66. The van der Waals surface area contributed by atoms with Crippen molar-refractivity contribution in [3.8, 4) is 0 Å². The Labute approximate surface area is 139 Å². The molecule has 2 aromatic rings. The van der Waals surface area contributed by atoms with Gasteiger partial charge in [0.1, 0.15) is 6.04 Å². The summed E-state index contributed by atoms with van der Waals surface area (Å²) in [6, 6.07) is 18.5. The predicted octanol–water partition coefficient (Wildman–Crippen LogP) is 2.52. The first kappa shape index (κ1) is 15.6. The van der Waals surface area contributed by atoms with Gasteiger partial charge in [-0.3, -0.25) is 9.59 Å². The van der Waals surface area contributed by atoms with E-state index in [9.17, 15) is 9.59 Å². The highest BCUT2D eigenvalue weighted by molar-refractivity contribution is 7.99. The molecule has 2 aromatic carbocycles. The van der Waals surface area contributed by atoms with Gasteiger partial charge in [-0.05, 0) is 17.7 Å². The summed E-state index contributed by atoms with van der Waals surface area (Å²) in [6.45, 7) is 0.480. The zero-order valence-corrected chi connectivity index (χ0v) is 13.5. The topological polar surface area (TPSA) is 49.4 Å². The highest BCUT2D eigenvalue weighted by Gasteiger charge is 2.34. The molecule has 1 fully saturated rings. The third-order valence-corrected chi connectivity index (χ3v) is 4.79. The summed E-state index contributed by atoms with van der Waals surface area (Å²) in [4.78, 5) is 26.7. The molecule has 23 heavy (non-hydrogen) atoms. The van der Waals surface area contributed by atoms with Crippen molar-refractivity contribution in [3.05, 3.63) is 71.8 Å². The monoisotopic (exact) mass is 326 g/mol. The predicted molar refractivity (Wildman–Crippen MR) is 92.0 cm³/mol. The minimum Gasteiger partial charge on any atom is -0.350 e. The fourth-order valence-electron chi connectivity index (χ4n) is 2.51. The van der Waals surface area contributed by atoms with Crippen molar-refractivity contribution in [1.29, 1.82) is 0 Å². The van der Waals surface area contributed by atoms with Gasteiger partial charge in [0.25, 0.3) is 5.91 Å². The molecule has 0 aliphatic carbocycles. The third kappa shape index (κ3) is 3.74. The van der Waals surface area contributed by atoms with Crippen molar-refractivity contribution in [3.63, 3.8) is 0 Å². The number of amides is 2. The Bertz CT molecular complexity index is 676. The van der Waals surface area contributed by atoms with Crippen LogP contribution in [-0.4, -0.2) is 34.4 Å². The molecular weight excluding hydrogens is 308 g/mol. The Kier molecular flexibility index (Phi) is 4.98. The summed E-state index contributed by atoms with van der Waals surface area (Å²) in [7, 11) is 0. The number of nitrogens with one attached hydrogen (secondary N) is 1. The highest BCUT2D eigenvalue weighted by Crippen LogP contribution is 2.23. The van der Waals surface area contributed by atoms with Gasteiger partial charge < -0.3 is 10.2 Å². The van der Waals surface area contributed by atoms with E-state index in [1.807, 2.05) is 48.5 Å². The number of carbonyl (C=O) groups is 2. The van der Waals surface area contributed by atoms with Crippen molar-refractivity contribution >= 4 is 23.6 Å². The second kappa shape index (κ2) is 7.33. The number of carbonyl (C=O) groups excluding carboxylic acids is 2. The average Bonchev–Trinajstić information content (AvgIpc) is 3.10. The van der Waals surface area contributed by atoms with Gasteiger partial charge >= 0.3 is 0 Å². The van der Waals surface area contributed by atoms with Crippen LogP contribution in [0.25, 0.3) is 0 Å². The lowest BCUT2D eigenvalue weighted by atomic mass is 10.1. The maximum Gasteiger partial charge on any atom is 0.255 e. The Balaban J connectivity index is 1.64. The molecule has 0 saturated carbocycles. The van der Waals surface area contributed by atoms with Gasteiger partial charge in [-0.1, -0.05) is 48.5 Å². The molecule has 1 aliphatic rings. The van der Waals surface area contributed by atoms with Gasteiger partial charge in [-0.25, -0.2) is 0 Å². The van der Waals surface area contributed by atoms with E-state index < -0.39 is 6.04 Å². The standard InChI is InChI=1S/C18H18N2O2S/c21-17(19-11-14-7-3-1-4-8-14)16-12-23-13-20(16)18(22)15-9-5-2-6-10-15/h1-10,16H,11-13H2,(H,19,21)/t16-/m0/s1. The maximum atomic E-state index is 12.6. The zero-order chi connectivity index (χ0) is 16.1. The summed E-state index contributed by atoms with van der Waals surface area (Å²) in [5, 5.41) is 2.93. The molecule has 1 N–H and O–H groups in total. The Morgan fingerprint density at radius 3 is 2.39 bits per heavy atom. The van der Waals surface area contributed by atoms with Crippen molar-refractivity contribution < 1.29 is 9.59 Å².